The van der Waals surface area contributed by atoms with Gasteiger partial charge in [-0.25, -0.2) is 9.78 Å². The summed E-state index contributed by atoms with van der Waals surface area (Å²) in [6.45, 7) is 0. The Hall–Kier alpha value is -5.61. The van der Waals surface area contributed by atoms with Crippen LogP contribution in [0.5, 0.6) is 5.75 Å². The molecule has 3 aromatic heterocycles. The maximum Gasteiger partial charge on any atom is 0.349 e. The van der Waals surface area contributed by atoms with E-state index in [-0.39, 0.29) is 21.7 Å². The fourth-order valence-electron chi connectivity index (χ4n) is 4.74. The van der Waals surface area contributed by atoms with E-state index in [1.165, 1.54) is 29.9 Å². The molecule has 0 unspecified atom stereocenters. The molecule has 7 aromatic rings. The number of hydrazone groups is 1. The number of carbonyl (C=O) groups excluding carboxylic acids is 1. The van der Waals surface area contributed by atoms with Gasteiger partial charge in [-0.3, -0.25) is 9.59 Å². The van der Waals surface area contributed by atoms with Crippen molar-refractivity contribution >= 4 is 71.5 Å². The zero-order valence-corrected chi connectivity index (χ0v) is 22.8. The van der Waals surface area contributed by atoms with Gasteiger partial charge in [-0.05, 0) is 53.2 Å². The topological polar surface area (TPSA) is 115 Å². The number of rotatable bonds is 5. The molecule has 1 amide bonds. The van der Waals surface area contributed by atoms with E-state index in [1.807, 2.05) is 30.3 Å². The second-order valence-corrected chi connectivity index (χ2v) is 10.4. The Morgan fingerprint density at radius 2 is 1.74 bits per heavy atom. The molecule has 0 bridgehead atoms. The number of hydrogen-bond donors (Lipinski definition) is 0. The van der Waals surface area contributed by atoms with Crippen molar-refractivity contribution in [3.63, 3.8) is 0 Å². The van der Waals surface area contributed by atoms with E-state index >= 15 is 0 Å². The molecule has 42 heavy (non-hydrogen) atoms. The lowest BCUT2D eigenvalue weighted by Crippen LogP contribution is -2.30. The van der Waals surface area contributed by atoms with Gasteiger partial charge in [0, 0.05) is 5.39 Å². The Balaban J connectivity index is 1.39. The number of anilines is 1. The molecule has 0 aliphatic carbocycles. The van der Waals surface area contributed by atoms with E-state index in [0.29, 0.717) is 33.2 Å². The Kier molecular flexibility index (Phi) is 6.10. The summed E-state index contributed by atoms with van der Waals surface area (Å²) in [5, 5.41) is 8.26. The molecule has 0 aliphatic heterocycles. The van der Waals surface area contributed by atoms with E-state index in [2.05, 4.69) is 10.1 Å². The van der Waals surface area contributed by atoms with Crippen LogP contribution in [0.2, 0.25) is 0 Å². The van der Waals surface area contributed by atoms with Crippen LogP contribution in [0.3, 0.4) is 0 Å². The highest BCUT2D eigenvalue weighted by atomic mass is 32.1. The van der Waals surface area contributed by atoms with Gasteiger partial charge in [0.05, 0.1) is 34.5 Å². The fourth-order valence-corrected chi connectivity index (χ4v) is 5.69. The normalized spacial score (nSPS) is 11.6. The van der Waals surface area contributed by atoms with Crippen molar-refractivity contribution in [2.45, 2.75) is 0 Å². The molecule has 0 aliphatic rings. The molecule has 9 nitrogen and oxygen atoms in total. The molecule has 3 heterocycles. The third-order valence-corrected chi connectivity index (χ3v) is 7.84. The van der Waals surface area contributed by atoms with Crippen LogP contribution >= 0.6 is 11.3 Å². The molecule has 204 valence electrons. The van der Waals surface area contributed by atoms with Crippen LogP contribution in [-0.2, 0) is 0 Å². The molecule has 0 radical (unpaired) electrons. The van der Waals surface area contributed by atoms with E-state index in [1.54, 1.807) is 55.6 Å². The van der Waals surface area contributed by atoms with Gasteiger partial charge in [0.2, 0.25) is 10.6 Å². The first-order valence-corrected chi connectivity index (χ1v) is 13.6. The Morgan fingerprint density at radius 1 is 0.929 bits per heavy atom. The van der Waals surface area contributed by atoms with Crippen LogP contribution in [0.25, 0.3) is 42.9 Å². The number of para-hydroxylation sites is 1. The number of methoxy groups -OCH3 is 1. The first-order valence-electron chi connectivity index (χ1n) is 12.8. The lowest BCUT2D eigenvalue weighted by Gasteiger charge is -2.13. The minimum Gasteiger partial charge on any atom is -0.497 e. The third kappa shape index (κ3) is 4.30. The number of aromatic nitrogens is 1. The zero-order valence-electron chi connectivity index (χ0n) is 21.9. The summed E-state index contributed by atoms with van der Waals surface area (Å²) in [4.78, 5) is 44.9. The average molecular weight is 574 g/mol. The van der Waals surface area contributed by atoms with Crippen molar-refractivity contribution in [1.29, 1.82) is 0 Å². The van der Waals surface area contributed by atoms with E-state index in [0.717, 1.165) is 20.5 Å². The first-order chi connectivity index (χ1) is 20.5. The standard InChI is InChI=1S/C32H19N3O6S/c1-39-20-11-12-25-28(14-20)42-32(34-25)35(33-16-19-17-40-26-9-5-4-8-22(26)29(19)36)30(37)24-15-23-21-7-3-2-6-18(21)10-13-27(23)41-31(24)38/h2-17H,1H3/b33-16+. The zero-order chi connectivity index (χ0) is 28.8. The van der Waals surface area contributed by atoms with Crippen LogP contribution in [0, 0.1) is 0 Å². The van der Waals surface area contributed by atoms with Crippen molar-refractivity contribution in [2.24, 2.45) is 5.10 Å². The van der Waals surface area contributed by atoms with Crippen molar-refractivity contribution in [2.75, 3.05) is 12.1 Å². The van der Waals surface area contributed by atoms with Gasteiger partial charge in [0.15, 0.2) is 0 Å². The van der Waals surface area contributed by atoms with Crippen LogP contribution < -0.4 is 20.8 Å². The number of benzene rings is 4. The summed E-state index contributed by atoms with van der Waals surface area (Å²) >= 11 is 1.18. The van der Waals surface area contributed by atoms with Gasteiger partial charge < -0.3 is 13.6 Å². The SMILES string of the molecule is COc1ccc2nc(N(/N=C/c3coc4ccccc4c3=O)C(=O)c3cc4c(ccc5ccccc54)oc3=O)sc2c1. The smallest absolute Gasteiger partial charge is 0.349 e. The van der Waals surface area contributed by atoms with E-state index in [9.17, 15) is 14.4 Å². The number of thiazole rings is 1. The maximum atomic E-state index is 14.1. The third-order valence-electron chi connectivity index (χ3n) is 6.85. The summed E-state index contributed by atoms with van der Waals surface area (Å²) in [5.41, 5.74) is 0.115. The van der Waals surface area contributed by atoms with Crippen LogP contribution in [0.4, 0.5) is 5.13 Å². The Bertz CT molecular complexity index is 2340. The molecule has 0 saturated carbocycles. The lowest BCUT2D eigenvalue weighted by atomic mass is 10.0. The molecule has 0 atom stereocenters. The van der Waals surface area contributed by atoms with Crippen LogP contribution in [-0.4, -0.2) is 24.2 Å². The molecule has 0 spiro atoms. The number of hydrogen-bond acceptors (Lipinski definition) is 9. The maximum absolute atomic E-state index is 14.1. The first kappa shape index (κ1) is 25.4. The molecule has 0 N–H and O–H groups in total. The number of carbonyl (C=O) groups is 1. The molecule has 0 fully saturated rings. The van der Waals surface area contributed by atoms with Crippen molar-refractivity contribution in [3.05, 3.63) is 123 Å². The minimum atomic E-state index is -0.823. The predicted molar refractivity (Wildman–Crippen MR) is 163 cm³/mol. The minimum absolute atomic E-state index is 0.117. The fraction of sp³-hybridized carbons (Fsp3) is 0.0312. The Labute approximate surface area is 240 Å². The largest absolute Gasteiger partial charge is 0.497 e. The quantitative estimate of drug-likeness (QED) is 0.102. The highest BCUT2D eigenvalue weighted by Gasteiger charge is 2.25. The molecular formula is C32H19N3O6S. The van der Waals surface area contributed by atoms with Crippen molar-refractivity contribution in [3.8, 4) is 5.75 Å². The van der Waals surface area contributed by atoms with Gasteiger partial charge in [0.1, 0.15) is 28.7 Å². The summed E-state index contributed by atoms with van der Waals surface area (Å²) < 4.78 is 17.2. The second kappa shape index (κ2) is 10.1. The lowest BCUT2D eigenvalue weighted by molar-refractivity contribution is 0.0984. The van der Waals surface area contributed by atoms with Crippen LogP contribution in [0.15, 0.2) is 115 Å². The van der Waals surface area contributed by atoms with Gasteiger partial charge in [-0.1, -0.05) is 53.8 Å². The molecule has 4 aromatic carbocycles. The molecule has 10 heteroatoms. The van der Waals surface area contributed by atoms with Gasteiger partial charge >= 0.3 is 5.63 Å². The van der Waals surface area contributed by atoms with Gasteiger partial charge in [-0.2, -0.15) is 10.1 Å². The average Bonchev–Trinajstić information content (AvgIpc) is 3.44. The number of fused-ring (bicyclic) bond motifs is 5. The summed E-state index contributed by atoms with van der Waals surface area (Å²) in [5.74, 6) is -0.152. The summed E-state index contributed by atoms with van der Waals surface area (Å²) in [7, 11) is 1.56. The number of nitrogens with zero attached hydrogens (tertiary/aromatic N) is 3. The van der Waals surface area contributed by atoms with Gasteiger partial charge in [0.25, 0.3) is 5.91 Å². The summed E-state index contributed by atoms with van der Waals surface area (Å²) in [6.07, 6.45) is 2.50. The number of amides is 1. The molecule has 7 rings (SSSR count). The molecular weight excluding hydrogens is 554 g/mol. The van der Waals surface area contributed by atoms with Crippen molar-refractivity contribution in [1.82, 2.24) is 4.98 Å². The van der Waals surface area contributed by atoms with Crippen molar-refractivity contribution < 1.29 is 18.4 Å². The Morgan fingerprint density at radius 3 is 2.60 bits per heavy atom. The van der Waals surface area contributed by atoms with E-state index < -0.39 is 11.5 Å². The highest BCUT2D eigenvalue weighted by molar-refractivity contribution is 7.22. The summed E-state index contributed by atoms with van der Waals surface area (Å²) in [6, 6.07) is 24.8. The van der Waals surface area contributed by atoms with Crippen LogP contribution in [0.1, 0.15) is 15.9 Å². The monoisotopic (exact) mass is 573 g/mol. The highest BCUT2D eigenvalue weighted by Crippen LogP contribution is 2.33. The number of ether oxygens (including phenoxy) is 1. The molecule has 0 saturated heterocycles. The van der Waals surface area contributed by atoms with E-state index in [4.69, 9.17) is 13.6 Å². The van der Waals surface area contributed by atoms with Gasteiger partial charge in [-0.15, -0.1) is 0 Å². The second-order valence-electron chi connectivity index (χ2n) is 9.35. The predicted octanol–water partition coefficient (Wildman–Crippen LogP) is 6.35.